The molecule has 2 aromatic rings. The Morgan fingerprint density at radius 2 is 1.83 bits per heavy atom. The molecule has 12 heteroatoms. The van der Waals surface area contributed by atoms with Crippen molar-refractivity contribution < 1.29 is 37.1 Å². The number of aryl methyl sites for hydroxylation is 2. The van der Waals surface area contributed by atoms with Crippen LogP contribution in [0.4, 0.5) is 0 Å². The molecule has 0 radical (unpaired) electrons. The zero-order chi connectivity index (χ0) is 38.5. The van der Waals surface area contributed by atoms with Crippen LogP contribution in [0.15, 0.2) is 24.4 Å². The fourth-order valence-corrected chi connectivity index (χ4v) is 9.75. The quantitative estimate of drug-likeness (QED) is 0.317. The van der Waals surface area contributed by atoms with E-state index < -0.39 is 56.0 Å². The summed E-state index contributed by atoms with van der Waals surface area (Å²) in [4.78, 5) is 62.5. The number of aromatic nitrogens is 1. The first-order valence-corrected chi connectivity index (χ1v) is 21.0. The number of nitrogens with zero attached hydrogens (tertiary/aromatic N) is 2. The minimum absolute atomic E-state index is 0.0920. The van der Waals surface area contributed by atoms with Gasteiger partial charge in [0, 0.05) is 24.4 Å². The van der Waals surface area contributed by atoms with Gasteiger partial charge in [-0.05, 0) is 84.3 Å². The normalized spacial score (nSPS) is 28.2. The second-order valence-electron chi connectivity index (χ2n) is 17.9. The van der Waals surface area contributed by atoms with E-state index in [1.165, 1.54) is 4.90 Å². The van der Waals surface area contributed by atoms with Gasteiger partial charge < -0.3 is 14.4 Å². The molecule has 0 spiro atoms. The molecule has 1 aromatic carbocycles. The van der Waals surface area contributed by atoms with Gasteiger partial charge in [0.05, 0.1) is 42.2 Å². The van der Waals surface area contributed by atoms with Gasteiger partial charge >= 0.3 is 5.97 Å². The van der Waals surface area contributed by atoms with Crippen molar-refractivity contribution in [2.75, 3.05) is 13.2 Å². The van der Waals surface area contributed by atoms with Crippen LogP contribution < -0.4 is 9.46 Å². The SMILES string of the molecule is CCc1cnc2c3cc(ccc13)CCCC(C)(C)COC(=O)C[C@@H](C(C)(C)C)C(=O)N1C[C@@H](C[C@H]1C(=O)C[C@]1(C(=O)NS(=O)(=O)C3CC3)C[C@H]1CC)O2. The number of nitrogens with one attached hydrogen (secondary N) is 1. The first-order valence-electron chi connectivity index (χ1n) is 19.5. The molecule has 11 nitrogen and oxygen atoms in total. The Hall–Kier alpha value is -3.54. The highest BCUT2D eigenvalue weighted by atomic mass is 32.2. The van der Waals surface area contributed by atoms with Gasteiger partial charge in [-0.3, -0.25) is 23.9 Å². The number of ether oxygens (including phenoxy) is 2. The largest absolute Gasteiger partial charge is 0.472 e. The maximum atomic E-state index is 14.7. The predicted molar refractivity (Wildman–Crippen MR) is 201 cm³/mol. The van der Waals surface area contributed by atoms with E-state index in [1.54, 1.807) is 0 Å². The molecule has 1 N–H and O–H groups in total. The van der Waals surface area contributed by atoms with Crippen molar-refractivity contribution in [3.05, 3.63) is 35.5 Å². The van der Waals surface area contributed by atoms with Crippen molar-refractivity contribution in [2.24, 2.45) is 28.1 Å². The van der Waals surface area contributed by atoms with E-state index >= 15 is 0 Å². The first kappa shape index (κ1) is 39.2. The van der Waals surface area contributed by atoms with Gasteiger partial charge in [0.1, 0.15) is 6.10 Å². The minimum atomic E-state index is -3.81. The number of Topliss-reactive ketones (excluding diaryl/α,β-unsaturated/α-hetero) is 1. The number of fused-ring (bicyclic) bond motifs is 3. The van der Waals surface area contributed by atoms with Crippen molar-refractivity contribution in [2.45, 2.75) is 136 Å². The highest BCUT2D eigenvalue weighted by Crippen LogP contribution is 2.58. The average molecular weight is 752 g/mol. The van der Waals surface area contributed by atoms with Crippen LogP contribution in [-0.4, -0.2) is 72.4 Å². The van der Waals surface area contributed by atoms with E-state index in [-0.39, 0.29) is 55.4 Å². The van der Waals surface area contributed by atoms with Crippen LogP contribution in [-0.2, 0) is 46.8 Å². The predicted octanol–water partition coefficient (Wildman–Crippen LogP) is 6.09. The number of cyclic esters (lactones) is 1. The van der Waals surface area contributed by atoms with E-state index in [4.69, 9.17) is 14.5 Å². The number of rotatable bonds is 8. The second-order valence-corrected chi connectivity index (χ2v) is 19.9. The van der Waals surface area contributed by atoms with E-state index in [1.807, 2.05) is 33.9 Å². The molecule has 3 fully saturated rings. The number of pyridine rings is 1. The number of hydrogen-bond acceptors (Lipinski definition) is 9. The summed E-state index contributed by atoms with van der Waals surface area (Å²) in [6, 6.07) is 5.44. The van der Waals surface area contributed by atoms with Crippen molar-refractivity contribution in [1.82, 2.24) is 14.6 Å². The molecule has 3 heterocycles. The van der Waals surface area contributed by atoms with Gasteiger partial charge in [0.15, 0.2) is 5.78 Å². The van der Waals surface area contributed by atoms with Crippen LogP contribution in [0.3, 0.4) is 0 Å². The molecule has 2 aliphatic heterocycles. The lowest BCUT2D eigenvalue weighted by atomic mass is 9.77. The maximum absolute atomic E-state index is 14.7. The molecule has 1 aromatic heterocycles. The molecule has 290 valence electrons. The van der Waals surface area contributed by atoms with Crippen LogP contribution in [0.5, 0.6) is 5.88 Å². The molecule has 5 atom stereocenters. The van der Waals surface area contributed by atoms with E-state index in [9.17, 15) is 27.6 Å². The number of benzene rings is 1. The third-order valence-electron chi connectivity index (χ3n) is 12.1. The fraction of sp³-hybridized carbons (Fsp3) is 0.683. The van der Waals surface area contributed by atoms with Crippen LogP contribution in [0.1, 0.15) is 117 Å². The van der Waals surface area contributed by atoms with Crippen molar-refractivity contribution in [3.8, 4) is 5.88 Å². The number of amides is 2. The molecule has 0 unspecified atom stereocenters. The van der Waals surface area contributed by atoms with Gasteiger partial charge in [-0.15, -0.1) is 0 Å². The van der Waals surface area contributed by atoms with Gasteiger partial charge in [-0.1, -0.05) is 67.0 Å². The fourth-order valence-electron chi connectivity index (χ4n) is 8.37. The summed E-state index contributed by atoms with van der Waals surface area (Å²) in [6.07, 6.45) is 6.46. The van der Waals surface area contributed by atoms with Gasteiger partial charge in [0.2, 0.25) is 27.7 Å². The topological polar surface area (TPSA) is 149 Å². The number of hydrogen-bond donors (Lipinski definition) is 1. The Morgan fingerprint density at radius 1 is 1.09 bits per heavy atom. The number of carbonyl (C=O) groups is 4. The van der Waals surface area contributed by atoms with E-state index in [0.717, 1.165) is 47.6 Å². The molecule has 53 heavy (non-hydrogen) atoms. The molecule has 2 aliphatic carbocycles. The van der Waals surface area contributed by atoms with Gasteiger partial charge in [-0.2, -0.15) is 0 Å². The summed E-state index contributed by atoms with van der Waals surface area (Å²) in [5.41, 5.74) is 0.153. The molecular weight excluding hydrogens is 695 g/mol. The summed E-state index contributed by atoms with van der Waals surface area (Å²) >= 11 is 0. The number of esters is 1. The third kappa shape index (κ3) is 8.42. The lowest BCUT2D eigenvalue weighted by Crippen LogP contribution is -2.48. The third-order valence-corrected chi connectivity index (χ3v) is 13.9. The number of sulfonamides is 1. The smallest absolute Gasteiger partial charge is 0.306 e. The molecule has 2 saturated carbocycles. The highest BCUT2D eigenvalue weighted by Gasteiger charge is 2.62. The van der Waals surface area contributed by atoms with Crippen molar-refractivity contribution in [1.29, 1.82) is 0 Å². The summed E-state index contributed by atoms with van der Waals surface area (Å²) in [5.74, 6) is -2.26. The van der Waals surface area contributed by atoms with Crippen LogP contribution in [0, 0.1) is 28.1 Å². The lowest BCUT2D eigenvalue weighted by molar-refractivity contribution is -0.155. The van der Waals surface area contributed by atoms with Crippen LogP contribution >= 0.6 is 0 Å². The van der Waals surface area contributed by atoms with Crippen LogP contribution in [0.2, 0.25) is 0 Å². The minimum Gasteiger partial charge on any atom is -0.472 e. The van der Waals surface area contributed by atoms with E-state index in [0.29, 0.717) is 31.6 Å². The molecule has 4 bridgehead atoms. The molecule has 6 rings (SSSR count). The Morgan fingerprint density at radius 3 is 2.47 bits per heavy atom. The summed E-state index contributed by atoms with van der Waals surface area (Å²) in [5, 5.41) is 1.35. The summed E-state index contributed by atoms with van der Waals surface area (Å²) in [7, 11) is -3.81. The van der Waals surface area contributed by atoms with Gasteiger partial charge in [-0.25, -0.2) is 13.4 Å². The number of carbonyl (C=O) groups excluding carboxylic acids is 4. The Labute approximate surface area is 314 Å². The Kier molecular flexibility index (Phi) is 10.8. The zero-order valence-corrected chi connectivity index (χ0v) is 33.3. The summed E-state index contributed by atoms with van der Waals surface area (Å²) in [6.45, 7) is 14.2. The van der Waals surface area contributed by atoms with Crippen LogP contribution in [0.25, 0.3) is 10.8 Å². The second kappa shape index (κ2) is 14.6. The highest BCUT2D eigenvalue weighted by molar-refractivity contribution is 7.90. The lowest BCUT2D eigenvalue weighted by Gasteiger charge is -2.35. The van der Waals surface area contributed by atoms with Crippen molar-refractivity contribution >= 4 is 44.4 Å². The van der Waals surface area contributed by atoms with E-state index in [2.05, 4.69) is 43.7 Å². The van der Waals surface area contributed by atoms with Crippen molar-refractivity contribution in [3.63, 3.8) is 0 Å². The molecule has 1 saturated heterocycles. The number of ketones is 1. The summed E-state index contributed by atoms with van der Waals surface area (Å²) < 4.78 is 40.3. The molecular formula is C41H57N3O8S. The molecule has 4 aliphatic rings. The average Bonchev–Trinajstić information content (AvgIpc) is 4.02. The Bertz CT molecular complexity index is 1880. The zero-order valence-electron chi connectivity index (χ0n) is 32.5. The molecule has 2 amide bonds. The Balaban J connectivity index is 1.36. The van der Waals surface area contributed by atoms with Gasteiger partial charge in [0.25, 0.3) is 0 Å². The maximum Gasteiger partial charge on any atom is 0.306 e. The first-order chi connectivity index (χ1) is 24.9. The standard InChI is InChI=1S/C41H57N3O8S/c1-8-26-22-42-36-31-17-25(12-15-30(26)31)11-10-16-40(6,7)24-51-35(46)19-32(39(3,4)5)37(47)44-23-28(52-36)18-33(44)34(45)21-41(20-27(41)9-2)38(48)43-53(49,50)29-13-14-29/h12,15,17,22,27-29,32-33H,8-11,13-14,16,18-21,23-24H2,1-7H3,(H,43,48)/t27-,28-,32-,33+,41-/m1/s1. The monoisotopic (exact) mass is 751 g/mol.